The molecule has 2 saturated heterocycles. The number of likely N-dealkylation sites (tertiary alicyclic amines) is 1. The first-order valence-corrected chi connectivity index (χ1v) is 7.42. The molecule has 6 nitrogen and oxygen atoms in total. The van der Waals surface area contributed by atoms with Crippen LogP contribution in [0.25, 0.3) is 0 Å². The fourth-order valence-corrected chi connectivity index (χ4v) is 4.15. The molecule has 6 heteroatoms. The number of fused-ring (bicyclic) bond motifs is 1. The van der Waals surface area contributed by atoms with Gasteiger partial charge in [-0.25, -0.2) is 0 Å². The Labute approximate surface area is 117 Å². The largest absolute Gasteiger partial charge is 0.480 e. The zero-order valence-electron chi connectivity index (χ0n) is 11.4. The topological polar surface area (TPSA) is 86.7 Å². The molecule has 1 saturated carbocycles. The maximum atomic E-state index is 12.0. The lowest BCUT2D eigenvalue weighted by Gasteiger charge is -2.48. The molecule has 3 aliphatic rings. The first-order chi connectivity index (χ1) is 9.58. The van der Waals surface area contributed by atoms with Crippen LogP contribution in [0, 0.1) is 5.92 Å². The van der Waals surface area contributed by atoms with Gasteiger partial charge in [0.1, 0.15) is 6.04 Å². The average molecular weight is 280 g/mol. The van der Waals surface area contributed by atoms with Crippen molar-refractivity contribution in [3.8, 4) is 0 Å². The van der Waals surface area contributed by atoms with Gasteiger partial charge in [0, 0.05) is 6.04 Å². The molecule has 0 aromatic rings. The van der Waals surface area contributed by atoms with E-state index in [9.17, 15) is 19.5 Å². The van der Waals surface area contributed by atoms with Crippen LogP contribution in [-0.4, -0.2) is 45.9 Å². The van der Waals surface area contributed by atoms with E-state index in [2.05, 4.69) is 5.32 Å². The predicted octanol–water partition coefficient (Wildman–Crippen LogP) is 0.509. The highest BCUT2D eigenvalue weighted by Crippen LogP contribution is 2.40. The minimum Gasteiger partial charge on any atom is -0.480 e. The van der Waals surface area contributed by atoms with Crippen LogP contribution in [0.5, 0.6) is 0 Å². The first-order valence-electron chi connectivity index (χ1n) is 7.42. The Morgan fingerprint density at radius 2 is 1.90 bits per heavy atom. The summed E-state index contributed by atoms with van der Waals surface area (Å²) in [6, 6.07) is -1.08. The Kier molecular flexibility index (Phi) is 3.50. The third-order valence-corrected chi connectivity index (χ3v) is 5.01. The lowest BCUT2D eigenvalue weighted by Crippen LogP contribution is -2.60. The fraction of sp³-hybridized carbons (Fsp3) is 0.786. The molecule has 1 aliphatic carbocycles. The highest BCUT2D eigenvalue weighted by atomic mass is 16.4. The molecule has 20 heavy (non-hydrogen) atoms. The van der Waals surface area contributed by atoms with Gasteiger partial charge in [0.05, 0.1) is 12.5 Å². The summed E-state index contributed by atoms with van der Waals surface area (Å²) < 4.78 is 0. The van der Waals surface area contributed by atoms with E-state index in [-0.39, 0.29) is 24.3 Å². The second-order valence-corrected chi connectivity index (χ2v) is 6.12. The van der Waals surface area contributed by atoms with Crippen molar-refractivity contribution in [2.75, 3.05) is 0 Å². The smallest absolute Gasteiger partial charge is 0.320 e. The number of imide groups is 1. The summed E-state index contributed by atoms with van der Waals surface area (Å²) in [5.74, 6) is -1.02. The van der Waals surface area contributed by atoms with E-state index in [1.165, 1.54) is 6.42 Å². The summed E-state index contributed by atoms with van der Waals surface area (Å²) in [7, 11) is 0. The van der Waals surface area contributed by atoms with Crippen LogP contribution >= 0.6 is 0 Å². The van der Waals surface area contributed by atoms with E-state index in [4.69, 9.17) is 0 Å². The van der Waals surface area contributed by atoms with Crippen LogP contribution in [0.2, 0.25) is 0 Å². The minimum absolute atomic E-state index is 0.103. The van der Waals surface area contributed by atoms with Gasteiger partial charge in [-0.3, -0.25) is 24.6 Å². The van der Waals surface area contributed by atoms with Crippen molar-refractivity contribution >= 4 is 17.8 Å². The molecule has 0 radical (unpaired) electrons. The summed E-state index contributed by atoms with van der Waals surface area (Å²) in [6.07, 6.45) is 5.90. The quantitative estimate of drug-likeness (QED) is 0.720. The molecule has 2 N–H and O–H groups in total. The normalized spacial score (nSPS) is 38.4. The van der Waals surface area contributed by atoms with E-state index >= 15 is 0 Å². The van der Waals surface area contributed by atoms with Crippen molar-refractivity contribution in [2.24, 2.45) is 5.92 Å². The number of carboxylic acid groups (broad SMARTS) is 1. The van der Waals surface area contributed by atoms with Gasteiger partial charge in [-0.05, 0) is 31.6 Å². The molecule has 110 valence electrons. The molecule has 3 rings (SSSR count). The maximum Gasteiger partial charge on any atom is 0.320 e. The van der Waals surface area contributed by atoms with Crippen LogP contribution in [0.3, 0.4) is 0 Å². The van der Waals surface area contributed by atoms with Crippen molar-refractivity contribution in [3.63, 3.8) is 0 Å². The van der Waals surface area contributed by atoms with E-state index in [0.717, 1.165) is 25.7 Å². The van der Waals surface area contributed by atoms with E-state index < -0.39 is 18.1 Å². The van der Waals surface area contributed by atoms with Gasteiger partial charge in [-0.2, -0.15) is 0 Å². The summed E-state index contributed by atoms with van der Waals surface area (Å²) in [6.45, 7) is 0. The highest BCUT2D eigenvalue weighted by Gasteiger charge is 2.48. The molecule has 0 aromatic heterocycles. The number of rotatable bonds is 2. The zero-order chi connectivity index (χ0) is 14.3. The van der Waals surface area contributed by atoms with Crippen molar-refractivity contribution < 1.29 is 19.5 Å². The molecular formula is C14H20N2O4. The van der Waals surface area contributed by atoms with Gasteiger partial charge >= 0.3 is 5.97 Å². The molecular weight excluding hydrogens is 260 g/mol. The minimum atomic E-state index is -0.874. The number of nitrogens with one attached hydrogen (secondary N) is 1. The fourth-order valence-electron chi connectivity index (χ4n) is 4.15. The first kappa shape index (κ1) is 13.5. The lowest BCUT2D eigenvalue weighted by atomic mass is 9.75. The standard InChI is InChI=1S/C14H20N2O4/c17-12-7-11(13(18)15-12)16-9-4-2-1-3-8(9)5-6-10(16)14(19)20/h8-11H,1-7H2,(H,19,20)(H,15,17,18). The molecule has 2 heterocycles. The Morgan fingerprint density at radius 3 is 2.55 bits per heavy atom. The molecule has 0 bridgehead atoms. The number of amides is 2. The van der Waals surface area contributed by atoms with Crippen LogP contribution in [-0.2, 0) is 14.4 Å². The number of carbonyl (C=O) groups excluding carboxylic acids is 2. The lowest BCUT2D eigenvalue weighted by molar-refractivity contribution is -0.152. The molecule has 0 spiro atoms. The van der Waals surface area contributed by atoms with Crippen molar-refractivity contribution in [1.82, 2.24) is 10.2 Å². The molecule has 4 unspecified atom stereocenters. The molecule has 0 aromatic carbocycles. The Morgan fingerprint density at radius 1 is 1.15 bits per heavy atom. The van der Waals surface area contributed by atoms with Gasteiger partial charge in [0.25, 0.3) is 0 Å². The average Bonchev–Trinajstić information content (AvgIpc) is 2.76. The Hall–Kier alpha value is -1.43. The number of hydrogen-bond donors (Lipinski definition) is 2. The van der Waals surface area contributed by atoms with Gasteiger partial charge in [-0.1, -0.05) is 12.8 Å². The monoisotopic (exact) mass is 280 g/mol. The zero-order valence-corrected chi connectivity index (χ0v) is 11.4. The van der Waals surface area contributed by atoms with E-state index in [1.807, 2.05) is 4.90 Å². The Bertz CT molecular complexity index is 450. The van der Waals surface area contributed by atoms with Gasteiger partial charge < -0.3 is 5.11 Å². The molecule has 2 aliphatic heterocycles. The van der Waals surface area contributed by atoms with Gasteiger partial charge in [-0.15, -0.1) is 0 Å². The SMILES string of the molecule is O=C1CC(N2C(C(=O)O)CCC3CCCCC32)C(=O)N1. The molecule has 4 atom stereocenters. The van der Waals surface area contributed by atoms with Crippen LogP contribution in [0.15, 0.2) is 0 Å². The Balaban J connectivity index is 1.89. The van der Waals surface area contributed by atoms with E-state index in [1.54, 1.807) is 0 Å². The second-order valence-electron chi connectivity index (χ2n) is 6.12. The third kappa shape index (κ3) is 2.22. The van der Waals surface area contributed by atoms with Crippen molar-refractivity contribution in [3.05, 3.63) is 0 Å². The number of nitrogens with zero attached hydrogens (tertiary/aromatic N) is 1. The van der Waals surface area contributed by atoms with Crippen LogP contribution in [0.4, 0.5) is 0 Å². The summed E-state index contributed by atoms with van der Waals surface area (Å²) in [4.78, 5) is 36.8. The highest BCUT2D eigenvalue weighted by molar-refractivity contribution is 6.05. The van der Waals surface area contributed by atoms with Crippen LogP contribution < -0.4 is 5.32 Å². The summed E-state index contributed by atoms with van der Waals surface area (Å²) in [5.41, 5.74) is 0. The van der Waals surface area contributed by atoms with Crippen molar-refractivity contribution in [1.29, 1.82) is 0 Å². The van der Waals surface area contributed by atoms with Crippen molar-refractivity contribution in [2.45, 2.75) is 63.1 Å². The predicted molar refractivity (Wildman–Crippen MR) is 69.8 cm³/mol. The van der Waals surface area contributed by atoms with Gasteiger partial charge in [0.15, 0.2) is 0 Å². The number of carbonyl (C=O) groups is 3. The summed E-state index contributed by atoms with van der Waals surface area (Å²) >= 11 is 0. The third-order valence-electron chi connectivity index (χ3n) is 5.01. The number of piperidine rings is 1. The molecule has 3 fully saturated rings. The van der Waals surface area contributed by atoms with E-state index in [0.29, 0.717) is 12.3 Å². The molecule has 2 amide bonds. The maximum absolute atomic E-state index is 12.0. The van der Waals surface area contributed by atoms with Gasteiger partial charge in [0.2, 0.25) is 11.8 Å². The summed E-state index contributed by atoms with van der Waals surface area (Å²) in [5, 5.41) is 11.8. The number of hydrogen-bond acceptors (Lipinski definition) is 4. The number of carboxylic acids is 1. The van der Waals surface area contributed by atoms with Crippen LogP contribution in [0.1, 0.15) is 44.9 Å². The number of aliphatic carboxylic acids is 1. The second kappa shape index (κ2) is 5.16.